The second-order valence-electron chi connectivity index (χ2n) is 5.11. The summed E-state index contributed by atoms with van der Waals surface area (Å²) in [7, 11) is 0. The fourth-order valence-corrected chi connectivity index (χ4v) is 2.81. The second-order valence-corrected chi connectivity index (χ2v) is 5.54. The Morgan fingerprint density at radius 3 is 2.90 bits per heavy atom. The van der Waals surface area contributed by atoms with Crippen molar-refractivity contribution in [2.45, 2.75) is 18.8 Å². The van der Waals surface area contributed by atoms with Gasteiger partial charge >= 0.3 is 0 Å². The number of Topliss-reactive ketones (excluding diaryl/α,β-unsaturated/α-hetero) is 1. The van der Waals surface area contributed by atoms with E-state index in [0.717, 1.165) is 11.3 Å². The Hall–Kier alpha value is -1.87. The molecule has 0 fully saturated rings. The fraction of sp³-hybridized carbons (Fsp3) is 0.235. The third-order valence-corrected chi connectivity index (χ3v) is 3.96. The molecule has 1 aliphatic rings. The lowest BCUT2D eigenvalue weighted by Gasteiger charge is -2.24. The summed E-state index contributed by atoms with van der Waals surface area (Å²) in [5, 5.41) is 0.333. The van der Waals surface area contributed by atoms with Crippen molar-refractivity contribution < 1.29 is 13.9 Å². The average molecular weight is 305 g/mol. The largest absolute Gasteiger partial charge is 0.493 e. The van der Waals surface area contributed by atoms with Crippen molar-refractivity contribution in [3.05, 3.63) is 64.4 Å². The minimum Gasteiger partial charge on any atom is -0.493 e. The molecule has 0 aliphatic carbocycles. The van der Waals surface area contributed by atoms with E-state index in [2.05, 4.69) is 0 Å². The number of halogens is 2. The highest BCUT2D eigenvalue weighted by molar-refractivity contribution is 6.30. The van der Waals surface area contributed by atoms with Gasteiger partial charge in [-0.2, -0.15) is 0 Å². The standard InChI is InChI=1S/C17H14ClFO2/c18-12-6-5-11(15(19)10-12)9-16(20)13-7-8-21-17-4-2-1-3-14(13)17/h1-6,10,13H,7-9H2. The Labute approximate surface area is 127 Å². The van der Waals surface area contributed by atoms with Crippen LogP contribution in [0.1, 0.15) is 23.5 Å². The second kappa shape index (κ2) is 5.86. The zero-order valence-electron chi connectivity index (χ0n) is 11.3. The van der Waals surface area contributed by atoms with Crippen molar-refractivity contribution in [2.24, 2.45) is 0 Å². The smallest absolute Gasteiger partial charge is 0.145 e. The molecular weight excluding hydrogens is 291 g/mol. The van der Waals surface area contributed by atoms with Gasteiger partial charge in [-0.25, -0.2) is 4.39 Å². The first-order chi connectivity index (χ1) is 10.1. The molecule has 0 saturated carbocycles. The van der Waals surface area contributed by atoms with E-state index in [4.69, 9.17) is 16.3 Å². The van der Waals surface area contributed by atoms with Gasteiger partial charge < -0.3 is 4.74 Å². The van der Waals surface area contributed by atoms with Crippen LogP contribution in [0.15, 0.2) is 42.5 Å². The molecule has 0 aromatic heterocycles. The van der Waals surface area contributed by atoms with Crippen LogP contribution < -0.4 is 4.74 Å². The molecule has 0 N–H and O–H groups in total. The predicted molar refractivity (Wildman–Crippen MR) is 79.4 cm³/mol. The molecule has 1 heterocycles. The molecule has 2 nitrogen and oxygen atoms in total. The van der Waals surface area contributed by atoms with Crippen molar-refractivity contribution in [3.8, 4) is 5.75 Å². The summed E-state index contributed by atoms with van der Waals surface area (Å²) in [5.74, 6) is 0.0897. The van der Waals surface area contributed by atoms with Crippen molar-refractivity contribution >= 4 is 17.4 Å². The molecule has 21 heavy (non-hydrogen) atoms. The molecule has 3 rings (SSSR count). The lowest BCUT2D eigenvalue weighted by atomic mass is 9.87. The van der Waals surface area contributed by atoms with E-state index < -0.39 is 5.82 Å². The predicted octanol–water partition coefficient (Wildman–Crippen LogP) is 4.16. The molecule has 108 valence electrons. The highest BCUT2D eigenvalue weighted by atomic mass is 35.5. The van der Waals surface area contributed by atoms with Gasteiger partial charge in [0.15, 0.2) is 0 Å². The summed E-state index contributed by atoms with van der Waals surface area (Å²) >= 11 is 5.73. The monoisotopic (exact) mass is 304 g/mol. The van der Waals surface area contributed by atoms with Gasteiger partial charge in [-0.15, -0.1) is 0 Å². The third-order valence-electron chi connectivity index (χ3n) is 3.73. The van der Waals surface area contributed by atoms with E-state index in [9.17, 15) is 9.18 Å². The number of hydrogen-bond acceptors (Lipinski definition) is 2. The molecule has 0 amide bonds. The van der Waals surface area contributed by atoms with Gasteiger partial charge in [-0.05, 0) is 30.2 Å². The van der Waals surface area contributed by atoms with Gasteiger partial charge in [0, 0.05) is 22.9 Å². The topological polar surface area (TPSA) is 26.3 Å². The first-order valence-electron chi connectivity index (χ1n) is 6.83. The molecule has 2 aromatic rings. The number of carbonyl (C=O) groups is 1. The highest BCUT2D eigenvalue weighted by Gasteiger charge is 2.27. The van der Waals surface area contributed by atoms with Crippen LogP contribution in [0.25, 0.3) is 0 Å². The lowest BCUT2D eigenvalue weighted by molar-refractivity contribution is -0.120. The average Bonchev–Trinajstić information content (AvgIpc) is 2.49. The van der Waals surface area contributed by atoms with Gasteiger partial charge in [-0.1, -0.05) is 35.9 Å². The zero-order valence-corrected chi connectivity index (χ0v) is 12.1. The van der Waals surface area contributed by atoms with Crippen LogP contribution in [0, 0.1) is 5.82 Å². The molecule has 0 spiro atoms. The van der Waals surface area contributed by atoms with E-state index in [1.165, 1.54) is 6.07 Å². The Bertz CT molecular complexity index is 684. The van der Waals surface area contributed by atoms with E-state index in [1.54, 1.807) is 12.1 Å². The van der Waals surface area contributed by atoms with Gasteiger partial charge in [0.1, 0.15) is 17.3 Å². The number of para-hydroxylation sites is 1. The minimum absolute atomic E-state index is 0.00646. The van der Waals surface area contributed by atoms with Crippen LogP contribution in [0.2, 0.25) is 5.02 Å². The normalized spacial score (nSPS) is 17.0. The van der Waals surface area contributed by atoms with Gasteiger partial charge in [0.05, 0.1) is 6.61 Å². The van der Waals surface area contributed by atoms with Crippen LogP contribution in [0.5, 0.6) is 5.75 Å². The molecule has 0 radical (unpaired) electrons. The summed E-state index contributed by atoms with van der Waals surface area (Å²) in [4.78, 5) is 12.5. The molecule has 1 unspecified atom stereocenters. The van der Waals surface area contributed by atoms with Crippen molar-refractivity contribution in [3.63, 3.8) is 0 Å². The van der Waals surface area contributed by atoms with Crippen LogP contribution in [-0.4, -0.2) is 12.4 Å². The Morgan fingerprint density at radius 1 is 1.29 bits per heavy atom. The number of rotatable bonds is 3. The number of ketones is 1. The first kappa shape index (κ1) is 14.1. The maximum Gasteiger partial charge on any atom is 0.145 e. The summed E-state index contributed by atoms with van der Waals surface area (Å²) in [6.07, 6.45) is 0.701. The summed E-state index contributed by atoms with van der Waals surface area (Å²) < 4.78 is 19.4. The molecule has 0 bridgehead atoms. The van der Waals surface area contributed by atoms with E-state index in [0.29, 0.717) is 23.6 Å². The Balaban J connectivity index is 1.83. The van der Waals surface area contributed by atoms with Gasteiger partial charge in [-0.3, -0.25) is 4.79 Å². The van der Waals surface area contributed by atoms with Crippen LogP contribution in [0.4, 0.5) is 4.39 Å². The van der Waals surface area contributed by atoms with Gasteiger partial charge in [0.2, 0.25) is 0 Å². The Morgan fingerprint density at radius 2 is 2.10 bits per heavy atom. The fourth-order valence-electron chi connectivity index (χ4n) is 2.65. The van der Waals surface area contributed by atoms with Crippen molar-refractivity contribution in [1.29, 1.82) is 0 Å². The Kier molecular flexibility index (Phi) is 3.93. The summed E-state index contributed by atoms with van der Waals surface area (Å²) in [6, 6.07) is 11.9. The quantitative estimate of drug-likeness (QED) is 0.851. The van der Waals surface area contributed by atoms with Crippen molar-refractivity contribution in [1.82, 2.24) is 0 Å². The molecule has 0 saturated heterocycles. The van der Waals surface area contributed by atoms with Crippen LogP contribution >= 0.6 is 11.6 Å². The number of benzene rings is 2. The maximum absolute atomic E-state index is 13.8. The molecule has 1 atom stereocenters. The highest BCUT2D eigenvalue weighted by Crippen LogP contribution is 2.34. The van der Waals surface area contributed by atoms with E-state index in [-0.39, 0.29) is 18.1 Å². The van der Waals surface area contributed by atoms with E-state index >= 15 is 0 Å². The zero-order chi connectivity index (χ0) is 14.8. The van der Waals surface area contributed by atoms with Crippen LogP contribution in [0.3, 0.4) is 0 Å². The number of ether oxygens (including phenoxy) is 1. The van der Waals surface area contributed by atoms with Crippen molar-refractivity contribution in [2.75, 3.05) is 6.61 Å². The maximum atomic E-state index is 13.8. The van der Waals surface area contributed by atoms with E-state index in [1.807, 2.05) is 24.3 Å². The summed E-state index contributed by atoms with van der Waals surface area (Å²) in [5.41, 5.74) is 1.27. The van der Waals surface area contributed by atoms with Gasteiger partial charge in [0.25, 0.3) is 0 Å². The first-order valence-corrected chi connectivity index (χ1v) is 7.21. The summed E-state index contributed by atoms with van der Waals surface area (Å²) in [6.45, 7) is 0.510. The number of fused-ring (bicyclic) bond motifs is 1. The molecule has 4 heteroatoms. The number of hydrogen-bond donors (Lipinski definition) is 0. The molecule has 1 aliphatic heterocycles. The molecule has 2 aromatic carbocycles. The lowest BCUT2D eigenvalue weighted by Crippen LogP contribution is -2.22. The number of carbonyl (C=O) groups excluding carboxylic acids is 1. The van der Waals surface area contributed by atoms with Crippen LogP contribution in [-0.2, 0) is 11.2 Å². The SMILES string of the molecule is O=C(Cc1ccc(Cl)cc1F)C1CCOc2ccccc21. The minimum atomic E-state index is -0.434. The third kappa shape index (κ3) is 2.93. The molecular formula is C17H14ClFO2.